The van der Waals surface area contributed by atoms with E-state index in [-0.39, 0.29) is 6.10 Å². The van der Waals surface area contributed by atoms with Crippen molar-refractivity contribution in [1.82, 2.24) is 4.90 Å². The van der Waals surface area contributed by atoms with E-state index in [1.54, 1.807) is 0 Å². The summed E-state index contributed by atoms with van der Waals surface area (Å²) in [6.45, 7) is 6.50. The summed E-state index contributed by atoms with van der Waals surface area (Å²) >= 11 is 0. The van der Waals surface area contributed by atoms with Gasteiger partial charge in [-0.3, -0.25) is 4.90 Å². The summed E-state index contributed by atoms with van der Waals surface area (Å²) in [4.78, 5) is 2.41. The van der Waals surface area contributed by atoms with Gasteiger partial charge in [-0.05, 0) is 12.5 Å². The summed E-state index contributed by atoms with van der Waals surface area (Å²) in [5, 5.41) is 0. The molecule has 2 N–H and O–H groups in total. The molecule has 1 heterocycles. The van der Waals surface area contributed by atoms with Crippen molar-refractivity contribution in [3.63, 3.8) is 0 Å². The van der Waals surface area contributed by atoms with E-state index in [1.807, 2.05) is 0 Å². The van der Waals surface area contributed by atoms with E-state index in [4.69, 9.17) is 10.5 Å². The highest BCUT2D eigenvalue weighted by atomic mass is 16.5. The van der Waals surface area contributed by atoms with Gasteiger partial charge in [-0.1, -0.05) is 29.8 Å². The fourth-order valence-electron chi connectivity index (χ4n) is 2.14. The van der Waals surface area contributed by atoms with Crippen molar-refractivity contribution in [2.24, 2.45) is 5.73 Å². The first-order chi connectivity index (χ1) is 7.78. The largest absolute Gasteiger partial charge is 0.374 e. The van der Waals surface area contributed by atoms with Crippen LogP contribution in [0.25, 0.3) is 0 Å². The molecule has 88 valence electrons. The molecule has 1 aromatic carbocycles. The van der Waals surface area contributed by atoms with Crippen molar-refractivity contribution in [3.05, 3.63) is 35.4 Å². The molecule has 0 radical (unpaired) electrons. The van der Waals surface area contributed by atoms with Crippen molar-refractivity contribution >= 4 is 0 Å². The highest BCUT2D eigenvalue weighted by Gasteiger charge is 2.18. The third kappa shape index (κ3) is 3.04. The average Bonchev–Trinajstić information content (AvgIpc) is 2.29. The maximum Gasteiger partial charge on any atom is 0.0824 e. The Morgan fingerprint density at radius 2 is 2.38 bits per heavy atom. The van der Waals surface area contributed by atoms with Crippen LogP contribution in [0.15, 0.2) is 24.3 Å². The van der Waals surface area contributed by atoms with Crippen molar-refractivity contribution in [3.8, 4) is 0 Å². The van der Waals surface area contributed by atoms with Gasteiger partial charge in [-0.15, -0.1) is 0 Å². The normalized spacial score (nSPS) is 22.2. The fourth-order valence-corrected chi connectivity index (χ4v) is 2.14. The smallest absolute Gasteiger partial charge is 0.0824 e. The molecular formula is C13H20N2O. The number of nitrogens with zero attached hydrogens (tertiary/aromatic N) is 1. The Labute approximate surface area is 97.2 Å². The topological polar surface area (TPSA) is 38.5 Å². The van der Waals surface area contributed by atoms with Crippen LogP contribution in [0, 0.1) is 6.92 Å². The Hall–Kier alpha value is -0.900. The predicted octanol–water partition coefficient (Wildman–Crippen LogP) is 1.15. The van der Waals surface area contributed by atoms with E-state index >= 15 is 0 Å². The van der Waals surface area contributed by atoms with Gasteiger partial charge in [0.05, 0.1) is 12.7 Å². The molecule has 1 atom stereocenters. The molecule has 0 saturated carbocycles. The van der Waals surface area contributed by atoms with E-state index in [9.17, 15) is 0 Å². The van der Waals surface area contributed by atoms with Gasteiger partial charge in [0.2, 0.25) is 0 Å². The molecule has 1 fully saturated rings. The maximum absolute atomic E-state index is 5.63. The van der Waals surface area contributed by atoms with Gasteiger partial charge in [0.1, 0.15) is 0 Å². The molecule has 1 saturated heterocycles. The molecule has 1 aliphatic rings. The highest BCUT2D eigenvalue weighted by Crippen LogP contribution is 2.11. The van der Waals surface area contributed by atoms with Crippen LogP contribution in [-0.4, -0.2) is 37.2 Å². The van der Waals surface area contributed by atoms with Gasteiger partial charge in [-0.2, -0.15) is 0 Å². The molecule has 0 amide bonds. The van der Waals surface area contributed by atoms with Crippen molar-refractivity contribution in [2.45, 2.75) is 19.6 Å². The number of rotatable bonds is 3. The van der Waals surface area contributed by atoms with Crippen LogP contribution in [0.1, 0.15) is 11.1 Å². The minimum atomic E-state index is 0.207. The first kappa shape index (κ1) is 11.6. The molecule has 2 rings (SSSR count). The Morgan fingerprint density at radius 3 is 3.12 bits per heavy atom. The van der Waals surface area contributed by atoms with Crippen molar-refractivity contribution < 1.29 is 4.74 Å². The summed E-state index contributed by atoms with van der Waals surface area (Å²) in [6.07, 6.45) is 0.207. The highest BCUT2D eigenvalue weighted by molar-refractivity contribution is 5.22. The molecular weight excluding hydrogens is 200 g/mol. The van der Waals surface area contributed by atoms with Gasteiger partial charge < -0.3 is 10.5 Å². The summed E-state index contributed by atoms with van der Waals surface area (Å²) in [6, 6.07) is 8.67. The van der Waals surface area contributed by atoms with Crippen molar-refractivity contribution in [2.75, 3.05) is 26.2 Å². The number of morpholine rings is 1. The number of ether oxygens (including phenoxy) is 1. The molecule has 0 aliphatic carbocycles. The Morgan fingerprint density at radius 1 is 1.50 bits per heavy atom. The van der Waals surface area contributed by atoms with Crippen LogP contribution in [0.4, 0.5) is 0 Å². The number of hydrogen-bond donors (Lipinski definition) is 1. The summed E-state index contributed by atoms with van der Waals surface area (Å²) < 4.78 is 5.55. The predicted molar refractivity (Wildman–Crippen MR) is 65.3 cm³/mol. The molecule has 0 spiro atoms. The van der Waals surface area contributed by atoms with Crippen LogP contribution >= 0.6 is 0 Å². The lowest BCUT2D eigenvalue weighted by atomic mass is 10.1. The number of aryl methyl sites for hydroxylation is 1. The quantitative estimate of drug-likeness (QED) is 0.830. The number of benzene rings is 1. The lowest BCUT2D eigenvalue weighted by Crippen LogP contribution is -2.45. The van der Waals surface area contributed by atoms with Gasteiger partial charge in [0, 0.05) is 26.2 Å². The molecule has 0 bridgehead atoms. The Balaban J connectivity index is 1.94. The van der Waals surface area contributed by atoms with E-state index in [1.165, 1.54) is 11.1 Å². The molecule has 3 nitrogen and oxygen atoms in total. The average molecular weight is 220 g/mol. The van der Waals surface area contributed by atoms with Crippen LogP contribution in [0.5, 0.6) is 0 Å². The first-order valence-electron chi connectivity index (χ1n) is 5.87. The number of hydrogen-bond acceptors (Lipinski definition) is 3. The molecule has 0 unspecified atom stereocenters. The van der Waals surface area contributed by atoms with Crippen LogP contribution in [0.3, 0.4) is 0 Å². The monoisotopic (exact) mass is 220 g/mol. The Bertz CT molecular complexity index is 340. The third-order valence-corrected chi connectivity index (χ3v) is 2.97. The second-order valence-electron chi connectivity index (χ2n) is 4.45. The maximum atomic E-state index is 5.63. The minimum Gasteiger partial charge on any atom is -0.374 e. The molecule has 3 heteroatoms. The zero-order chi connectivity index (χ0) is 11.4. The van der Waals surface area contributed by atoms with Crippen LogP contribution < -0.4 is 5.73 Å². The summed E-state index contributed by atoms with van der Waals surface area (Å²) in [5.74, 6) is 0. The van der Waals surface area contributed by atoms with E-state index < -0.39 is 0 Å². The third-order valence-electron chi connectivity index (χ3n) is 2.97. The van der Waals surface area contributed by atoms with Crippen molar-refractivity contribution in [1.29, 1.82) is 0 Å². The Kier molecular flexibility index (Phi) is 3.93. The molecule has 0 aromatic heterocycles. The minimum absolute atomic E-state index is 0.207. The molecule has 1 aromatic rings. The number of nitrogens with two attached hydrogens (primary N) is 1. The SMILES string of the molecule is Cc1cccc(CN2CCO[C@H](CN)C2)c1. The van der Waals surface area contributed by atoms with E-state index in [0.29, 0.717) is 6.54 Å². The van der Waals surface area contributed by atoms with Crippen LogP contribution in [-0.2, 0) is 11.3 Å². The van der Waals surface area contributed by atoms with Crippen LogP contribution in [0.2, 0.25) is 0 Å². The second-order valence-corrected chi connectivity index (χ2v) is 4.45. The first-order valence-corrected chi connectivity index (χ1v) is 5.87. The fraction of sp³-hybridized carbons (Fsp3) is 0.538. The van der Waals surface area contributed by atoms with E-state index in [0.717, 1.165) is 26.2 Å². The lowest BCUT2D eigenvalue weighted by molar-refractivity contribution is -0.0260. The standard InChI is InChI=1S/C13H20N2O/c1-11-3-2-4-12(7-11)9-15-5-6-16-13(8-14)10-15/h2-4,7,13H,5-6,8-10,14H2,1H3/t13-/m1/s1. The van der Waals surface area contributed by atoms with Gasteiger partial charge >= 0.3 is 0 Å². The second kappa shape index (κ2) is 5.43. The van der Waals surface area contributed by atoms with Gasteiger partial charge in [-0.25, -0.2) is 0 Å². The lowest BCUT2D eigenvalue weighted by Gasteiger charge is -2.32. The summed E-state index contributed by atoms with van der Waals surface area (Å²) in [7, 11) is 0. The molecule has 16 heavy (non-hydrogen) atoms. The summed E-state index contributed by atoms with van der Waals surface area (Å²) in [5.41, 5.74) is 8.32. The zero-order valence-corrected chi connectivity index (χ0v) is 9.86. The zero-order valence-electron chi connectivity index (χ0n) is 9.86. The van der Waals surface area contributed by atoms with Gasteiger partial charge in [0.25, 0.3) is 0 Å². The van der Waals surface area contributed by atoms with Gasteiger partial charge in [0.15, 0.2) is 0 Å². The molecule has 1 aliphatic heterocycles. The van der Waals surface area contributed by atoms with E-state index in [2.05, 4.69) is 36.1 Å².